The average molecular weight is 247 g/mol. The van der Waals surface area contributed by atoms with E-state index in [-0.39, 0.29) is 0 Å². The summed E-state index contributed by atoms with van der Waals surface area (Å²) in [5, 5.41) is 0. The molecular weight excluding hydrogens is 234 g/mol. The minimum atomic E-state index is 0.763. The molecule has 0 aliphatic rings. The molecule has 0 aliphatic heterocycles. The van der Waals surface area contributed by atoms with E-state index in [9.17, 15) is 0 Å². The van der Waals surface area contributed by atoms with Gasteiger partial charge in [0, 0.05) is 0 Å². The minimum absolute atomic E-state index is 0.763. The maximum atomic E-state index is 4.50. The van der Waals surface area contributed by atoms with E-state index in [4.69, 9.17) is 0 Å². The number of hydrogen-bond acceptors (Lipinski definition) is 3. The zero-order valence-corrected chi connectivity index (χ0v) is 10.6. The lowest BCUT2D eigenvalue weighted by Crippen LogP contribution is -1.90. The Kier molecular flexibility index (Phi) is 3.02. The van der Waals surface area contributed by atoms with E-state index in [2.05, 4.69) is 21.9 Å². The summed E-state index contributed by atoms with van der Waals surface area (Å²) in [6.45, 7) is 2.06. The first-order valence-electron chi connectivity index (χ1n) is 6.14. The van der Waals surface area contributed by atoms with Crippen LogP contribution < -0.4 is 0 Å². The normalized spacial score (nSPS) is 11.2. The molecule has 3 aromatic rings. The standard InChI is InChI=1S/C16H13N3/c1-12-6-8-13(9-7-12)17-10-14-11-18-15-4-2-3-5-16(15)19-14/h2-11H,1H3. The predicted molar refractivity (Wildman–Crippen MR) is 78.0 cm³/mol. The van der Waals surface area contributed by atoms with Crippen LogP contribution in [0.5, 0.6) is 0 Å². The van der Waals surface area contributed by atoms with Crippen LogP contribution in [0.1, 0.15) is 11.3 Å². The van der Waals surface area contributed by atoms with Gasteiger partial charge >= 0.3 is 0 Å². The van der Waals surface area contributed by atoms with Gasteiger partial charge in [0.15, 0.2) is 0 Å². The Balaban J connectivity index is 1.90. The van der Waals surface area contributed by atoms with Gasteiger partial charge in [0.25, 0.3) is 0 Å². The monoisotopic (exact) mass is 247 g/mol. The molecule has 0 saturated heterocycles. The van der Waals surface area contributed by atoms with E-state index in [0.29, 0.717) is 0 Å². The molecule has 0 amide bonds. The zero-order valence-electron chi connectivity index (χ0n) is 10.6. The number of nitrogens with zero attached hydrogens (tertiary/aromatic N) is 3. The summed E-state index contributed by atoms with van der Waals surface area (Å²) < 4.78 is 0. The molecule has 0 N–H and O–H groups in total. The zero-order chi connectivity index (χ0) is 13.1. The molecule has 0 bridgehead atoms. The van der Waals surface area contributed by atoms with Gasteiger partial charge in [-0.15, -0.1) is 0 Å². The van der Waals surface area contributed by atoms with Crippen molar-refractivity contribution in [3.63, 3.8) is 0 Å². The van der Waals surface area contributed by atoms with Crippen molar-refractivity contribution < 1.29 is 0 Å². The van der Waals surface area contributed by atoms with Crippen LogP contribution >= 0.6 is 0 Å². The third-order valence-corrected chi connectivity index (χ3v) is 2.85. The molecule has 92 valence electrons. The van der Waals surface area contributed by atoms with Gasteiger partial charge in [-0.05, 0) is 31.2 Å². The molecule has 0 saturated carbocycles. The van der Waals surface area contributed by atoms with Crippen molar-refractivity contribution >= 4 is 22.9 Å². The van der Waals surface area contributed by atoms with Gasteiger partial charge in [-0.3, -0.25) is 9.98 Å². The van der Waals surface area contributed by atoms with Crippen molar-refractivity contribution in [3.05, 3.63) is 66.0 Å². The summed E-state index contributed by atoms with van der Waals surface area (Å²) in [7, 11) is 0. The third kappa shape index (κ3) is 2.65. The highest BCUT2D eigenvalue weighted by Gasteiger charge is 1.96. The summed E-state index contributed by atoms with van der Waals surface area (Å²) in [5.74, 6) is 0. The van der Waals surface area contributed by atoms with Gasteiger partial charge in [-0.1, -0.05) is 29.8 Å². The van der Waals surface area contributed by atoms with E-state index in [0.717, 1.165) is 22.4 Å². The Morgan fingerprint density at radius 2 is 1.68 bits per heavy atom. The van der Waals surface area contributed by atoms with Gasteiger partial charge in [0.05, 0.1) is 29.1 Å². The number of rotatable bonds is 2. The van der Waals surface area contributed by atoms with Gasteiger partial charge in [-0.2, -0.15) is 0 Å². The quantitative estimate of drug-likeness (QED) is 0.648. The van der Waals surface area contributed by atoms with Crippen LogP contribution in [-0.4, -0.2) is 16.2 Å². The van der Waals surface area contributed by atoms with Gasteiger partial charge in [0.1, 0.15) is 5.69 Å². The Morgan fingerprint density at radius 1 is 0.947 bits per heavy atom. The molecule has 19 heavy (non-hydrogen) atoms. The van der Waals surface area contributed by atoms with Crippen molar-refractivity contribution in [1.82, 2.24) is 9.97 Å². The summed E-state index contributed by atoms with van der Waals surface area (Å²) in [6, 6.07) is 15.9. The van der Waals surface area contributed by atoms with Crippen LogP contribution in [0.2, 0.25) is 0 Å². The molecular formula is C16H13N3. The molecule has 0 fully saturated rings. The molecule has 3 rings (SSSR count). The summed E-state index contributed by atoms with van der Waals surface area (Å²) in [4.78, 5) is 13.2. The van der Waals surface area contributed by atoms with Crippen molar-refractivity contribution in [1.29, 1.82) is 0 Å². The van der Waals surface area contributed by atoms with Crippen molar-refractivity contribution in [2.45, 2.75) is 6.92 Å². The first-order chi connectivity index (χ1) is 9.31. The molecule has 1 aromatic heterocycles. The second kappa shape index (κ2) is 4.98. The lowest BCUT2D eigenvalue weighted by Gasteiger charge is -1.97. The second-order valence-electron chi connectivity index (χ2n) is 4.38. The highest BCUT2D eigenvalue weighted by atomic mass is 14.8. The summed E-state index contributed by atoms with van der Waals surface area (Å²) in [5.41, 5.74) is 4.69. The molecule has 0 radical (unpaired) electrons. The van der Waals surface area contributed by atoms with E-state index in [1.54, 1.807) is 12.4 Å². The van der Waals surface area contributed by atoms with E-state index >= 15 is 0 Å². The fourth-order valence-corrected chi connectivity index (χ4v) is 1.81. The molecule has 3 nitrogen and oxygen atoms in total. The fraction of sp³-hybridized carbons (Fsp3) is 0.0625. The molecule has 2 aromatic carbocycles. The lowest BCUT2D eigenvalue weighted by atomic mass is 10.2. The van der Waals surface area contributed by atoms with Crippen LogP contribution in [0.3, 0.4) is 0 Å². The first-order valence-corrected chi connectivity index (χ1v) is 6.14. The summed E-state index contributed by atoms with van der Waals surface area (Å²) >= 11 is 0. The number of benzene rings is 2. The number of para-hydroxylation sites is 2. The number of hydrogen-bond donors (Lipinski definition) is 0. The molecule has 0 aliphatic carbocycles. The summed E-state index contributed by atoms with van der Waals surface area (Å²) in [6.07, 6.45) is 3.48. The number of fused-ring (bicyclic) bond motifs is 1. The highest BCUT2D eigenvalue weighted by molar-refractivity contribution is 5.83. The van der Waals surface area contributed by atoms with Gasteiger partial charge in [0.2, 0.25) is 0 Å². The van der Waals surface area contributed by atoms with Crippen molar-refractivity contribution in [2.75, 3.05) is 0 Å². The third-order valence-electron chi connectivity index (χ3n) is 2.85. The molecule has 0 spiro atoms. The van der Waals surface area contributed by atoms with Crippen LogP contribution in [-0.2, 0) is 0 Å². The van der Waals surface area contributed by atoms with Crippen LogP contribution in [0.15, 0.2) is 59.7 Å². The van der Waals surface area contributed by atoms with Crippen molar-refractivity contribution in [3.8, 4) is 0 Å². The fourth-order valence-electron chi connectivity index (χ4n) is 1.81. The maximum absolute atomic E-state index is 4.50. The Morgan fingerprint density at radius 3 is 2.47 bits per heavy atom. The smallest absolute Gasteiger partial charge is 0.100 e. The second-order valence-corrected chi connectivity index (χ2v) is 4.38. The van der Waals surface area contributed by atoms with Crippen molar-refractivity contribution in [2.24, 2.45) is 4.99 Å². The highest BCUT2D eigenvalue weighted by Crippen LogP contribution is 2.13. The Labute approximate surface area is 111 Å². The minimum Gasteiger partial charge on any atom is -0.255 e. The maximum Gasteiger partial charge on any atom is 0.100 e. The number of aryl methyl sites for hydroxylation is 1. The van der Waals surface area contributed by atoms with Gasteiger partial charge in [-0.25, -0.2) is 4.98 Å². The predicted octanol–water partition coefficient (Wildman–Crippen LogP) is 3.69. The molecule has 1 heterocycles. The van der Waals surface area contributed by atoms with E-state index in [1.165, 1.54) is 5.56 Å². The Bertz CT molecular complexity index is 730. The lowest BCUT2D eigenvalue weighted by molar-refractivity contribution is 1.27. The van der Waals surface area contributed by atoms with Crippen LogP contribution in [0.25, 0.3) is 11.0 Å². The largest absolute Gasteiger partial charge is 0.255 e. The van der Waals surface area contributed by atoms with E-state index < -0.39 is 0 Å². The van der Waals surface area contributed by atoms with Crippen LogP contribution in [0, 0.1) is 6.92 Å². The topological polar surface area (TPSA) is 38.1 Å². The molecule has 0 atom stereocenters. The average Bonchev–Trinajstić information content (AvgIpc) is 2.46. The van der Waals surface area contributed by atoms with E-state index in [1.807, 2.05) is 48.5 Å². The van der Waals surface area contributed by atoms with Gasteiger partial charge < -0.3 is 0 Å². The molecule has 3 heteroatoms. The number of aliphatic imine (C=N–C) groups is 1. The van der Waals surface area contributed by atoms with Crippen LogP contribution in [0.4, 0.5) is 5.69 Å². The molecule has 0 unspecified atom stereocenters. The first kappa shape index (κ1) is 11.5. The SMILES string of the molecule is Cc1ccc(N=Cc2cnc3ccccc3n2)cc1. The number of aromatic nitrogens is 2. The Hall–Kier alpha value is -2.55.